The van der Waals surface area contributed by atoms with Gasteiger partial charge in [0, 0.05) is 16.2 Å². The van der Waals surface area contributed by atoms with Crippen LogP contribution in [0.2, 0.25) is 0 Å². The molecule has 0 bridgehead atoms. The van der Waals surface area contributed by atoms with Crippen LogP contribution >= 0.6 is 0 Å². The first kappa shape index (κ1) is 17.3. The van der Waals surface area contributed by atoms with Crippen molar-refractivity contribution in [3.8, 4) is 33.4 Å². The van der Waals surface area contributed by atoms with Gasteiger partial charge in [0.15, 0.2) is 0 Å². The molecule has 0 aliphatic rings. The van der Waals surface area contributed by atoms with Crippen molar-refractivity contribution >= 4 is 75.8 Å². The molecular formula is C50H30O. The first-order valence-corrected chi connectivity index (χ1v) is 16.4. The smallest absolute Gasteiger partial charge is 0.143 e. The van der Waals surface area contributed by atoms with Crippen molar-refractivity contribution in [3.05, 3.63) is 182 Å². The molecule has 0 unspecified atom stereocenters. The second kappa shape index (κ2) is 10.9. The monoisotopic (exact) mass is 661 g/mol. The summed E-state index contributed by atoms with van der Waals surface area (Å²) in [5.74, 6) is 0. The molecule has 0 saturated heterocycles. The summed E-state index contributed by atoms with van der Waals surface area (Å²) in [6, 6.07) is 18.5. The molecule has 0 N–H and O–H groups in total. The molecule has 0 amide bonds. The molecule has 0 aliphatic carbocycles. The van der Waals surface area contributed by atoms with E-state index in [-0.39, 0.29) is 32.7 Å². The van der Waals surface area contributed by atoms with E-state index in [1.165, 1.54) is 0 Å². The van der Waals surface area contributed by atoms with Gasteiger partial charge in [-0.15, -0.1) is 0 Å². The summed E-state index contributed by atoms with van der Waals surface area (Å²) < 4.78 is 144. The van der Waals surface area contributed by atoms with E-state index < -0.39 is 107 Å². The highest BCUT2D eigenvalue weighted by Crippen LogP contribution is 2.49. The summed E-state index contributed by atoms with van der Waals surface area (Å²) in [6.45, 7) is 0. The molecule has 1 heteroatoms. The summed E-state index contributed by atoms with van der Waals surface area (Å²) in [6.07, 6.45) is 0. The first-order valence-electron chi connectivity index (χ1n) is 23.9. The maximum Gasteiger partial charge on any atom is 0.143 e. The Morgan fingerprint density at radius 2 is 1.02 bits per heavy atom. The molecule has 11 rings (SSSR count). The Kier molecular flexibility index (Phi) is 3.70. The zero-order chi connectivity index (χ0) is 46.5. The summed E-state index contributed by atoms with van der Waals surface area (Å²) in [5, 5.41) is 3.00. The third-order valence-electron chi connectivity index (χ3n) is 9.71. The molecule has 51 heavy (non-hydrogen) atoms. The lowest BCUT2D eigenvalue weighted by atomic mass is 9.82. The van der Waals surface area contributed by atoms with Crippen molar-refractivity contribution < 1.29 is 25.0 Å². The van der Waals surface area contributed by atoms with E-state index >= 15 is 0 Å². The van der Waals surface area contributed by atoms with Gasteiger partial charge in [-0.25, -0.2) is 0 Å². The van der Waals surface area contributed by atoms with E-state index in [4.69, 9.17) is 16.8 Å². The third-order valence-corrected chi connectivity index (χ3v) is 9.71. The van der Waals surface area contributed by atoms with Crippen molar-refractivity contribution in [2.24, 2.45) is 0 Å². The maximum atomic E-state index is 9.67. The molecule has 1 heterocycles. The van der Waals surface area contributed by atoms with Crippen LogP contribution in [-0.2, 0) is 0 Å². The predicted octanol–water partition coefficient (Wildman–Crippen LogP) is 14.4. The SMILES string of the molecule is [2H]c1c([2H])c([2H])c2c([2H])c(-c3c4c([2H])c([2H])c([2H])c([2H])c4c(-c4cc5ccccc5cc4-c4cccc5oc6c7ccccc7ccc6c45)c4c([2H])c([2H])c([2H])c([2H])c34)c([2H])c([2H])c2c1[2H]. The zero-order valence-electron chi connectivity index (χ0n) is 41.6. The Bertz CT molecular complexity index is 3980. The second-order valence-corrected chi connectivity index (χ2v) is 12.4. The van der Waals surface area contributed by atoms with Gasteiger partial charge in [0.25, 0.3) is 0 Å². The Morgan fingerprint density at radius 3 is 1.76 bits per heavy atom. The van der Waals surface area contributed by atoms with Crippen LogP contribution in [0, 0.1) is 0 Å². The van der Waals surface area contributed by atoms with Crippen molar-refractivity contribution in [1.82, 2.24) is 0 Å². The minimum atomic E-state index is -0.745. The standard InChI is InChI=1S/C50H30O/c1-2-14-33-28-36(25-24-31(33)12-1)47-38-18-7-9-20-40(38)48(41-21-10-8-19-39(41)47)45-30-35-16-4-3-15-34(35)29-44(45)42-22-11-23-46-49(42)43-27-26-32-13-5-6-17-37(32)50(43)51-46/h1-30H/i1D,2D,7D,8D,9D,10D,12D,14D,18D,19D,20D,21D,24D,25D,28D. The van der Waals surface area contributed by atoms with Crippen LogP contribution in [0.3, 0.4) is 0 Å². The molecule has 1 nitrogen and oxygen atoms in total. The number of hydrogen-bond acceptors (Lipinski definition) is 1. The fraction of sp³-hybridized carbons (Fsp3) is 0. The van der Waals surface area contributed by atoms with Crippen LogP contribution in [0.5, 0.6) is 0 Å². The molecule has 0 radical (unpaired) electrons. The average Bonchev–Trinajstić information content (AvgIpc) is 3.72. The highest BCUT2D eigenvalue weighted by molar-refractivity contribution is 6.25. The van der Waals surface area contributed by atoms with Gasteiger partial charge in [-0.2, -0.15) is 0 Å². The normalized spacial score (nSPS) is 16.0. The molecular weight excluding hydrogens is 617 g/mol. The minimum absolute atomic E-state index is 0.0191. The van der Waals surface area contributed by atoms with E-state index in [0.29, 0.717) is 33.2 Å². The van der Waals surface area contributed by atoms with Gasteiger partial charge < -0.3 is 4.42 Å². The molecule has 1 aromatic heterocycles. The van der Waals surface area contributed by atoms with Gasteiger partial charge in [-0.05, 0) is 112 Å². The fourth-order valence-electron chi connectivity index (χ4n) is 7.50. The lowest BCUT2D eigenvalue weighted by Crippen LogP contribution is -1.93. The lowest BCUT2D eigenvalue weighted by molar-refractivity contribution is 0.673. The molecule has 0 fully saturated rings. The van der Waals surface area contributed by atoms with Crippen molar-refractivity contribution in [2.45, 2.75) is 0 Å². The van der Waals surface area contributed by atoms with Gasteiger partial charge in [0.05, 0.1) is 20.6 Å². The van der Waals surface area contributed by atoms with Gasteiger partial charge in [-0.1, -0.05) is 151 Å². The highest BCUT2D eigenvalue weighted by Gasteiger charge is 2.22. The van der Waals surface area contributed by atoms with Gasteiger partial charge in [0.1, 0.15) is 11.2 Å². The minimum Gasteiger partial charge on any atom is -0.455 e. The lowest BCUT2D eigenvalue weighted by Gasteiger charge is -2.21. The topological polar surface area (TPSA) is 13.1 Å². The average molecular weight is 662 g/mol. The molecule has 11 aromatic rings. The van der Waals surface area contributed by atoms with Crippen LogP contribution in [0.15, 0.2) is 186 Å². The van der Waals surface area contributed by atoms with E-state index in [0.717, 1.165) is 26.9 Å². The number of furan rings is 1. The molecule has 0 aliphatic heterocycles. The van der Waals surface area contributed by atoms with Gasteiger partial charge in [0.2, 0.25) is 0 Å². The largest absolute Gasteiger partial charge is 0.455 e. The van der Waals surface area contributed by atoms with Crippen LogP contribution in [0.25, 0.3) is 109 Å². The summed E-state index contributed by atoms with van der Waals surface area (Å²) in [4.78, 5) is 0. The van der Waals surface area contributed by atoms with E-state index in [1.54, 1.807) is 0 Å². The quantitative estimate of drug-likeness (QED) is 0.172. The summed E-state index contributed by atoms with van der Waals surface area (Å²) in [7, 11) is 0. The maximum absolute atomic E-state index is 9.67. The van der Waals surface area contributed by atoms with E-state index in [9.17, 15) is 8.22 Å². The number of hydrogen-bond donors (Lipinski definition) is 0. The van der Waals surface area contributed by atoms with E-state index in [2.05, 4.69) is 0 Å². The Morgan fingerprint density at radius 1 is 0.392 bits per heavy atom. The van der Waals surface area contributed by atoms with Crippen LogP contribution in [0.4, 0.5) is 0 Å². The second-order valence-electron chi connectivity index (χ2n) is 12.4. The first-order chi connectivity index (χ1) is 31.5. The van der Waals surface area contributed by atoms with Crippen molar-refractivity contribution in [3.63, 3.8) is 0 Å². The Hall–Kier alpha value is -6.70. The number of rotatable bonds is 3. The summed E-state index contributed by atoms with van der Waals surface area (Å²) in [5.41, 5.74) is 1.85. The Balaban J connectivity index is 1.41. The highest BCUT2D eigenvalue weighted by atomic mass is 16.3. The molecule has 0 spiro atoms. The third kappa shape index (κ3) is 4.22. The number of fused-ring (bicyclic) bond motifs is 9. The van der Waals surface area contributed by atoms with Crippen LogP contribution in [0.1, 0.15) is 20.6 Å². The predicted molar refractivity (Wildman–Crippen MR) is 218 cm³/mol. The molecule has 10 aromatic carbocycles. The van der Waals surface area contributed by atoms with Gasteiger partial charge >= 0.3 is 0 Å². The zero-order valence-corrected chi connectivity index (χ0v) is 26.6. The fourth-order valence-corrected chi connectivity index (χ4v) is 7.50. The number of benzene rings is 10. The Labute approximate surface area is 315 Å². The molecule has 236 valence electrons. The van der Waals surface area contributed by atoms with Crippen LogP contribution in [-0.4, -0.2) is 0 Å². The molecule has 0 atom stereocenters. The van der Waals surface area contributed by atoms with Crippen LogP contribution < -0.4 is 0 Å². The molecule has 0 saturated carbocycles. The van der Waals surface area contributed by atoms with E-state index in [1.807, 2.05) is 91.0 Å². The van der Waals surface area contributed by atoms with Crippen molar-refractivity contribution in [2.75, 3.05) is 0 Å². The van der Waals surface area contributed by atoms with Crippen molar-refractivity contribution in [1.29, 1.82) is 0 Å². The van der Waals surface area contributed by atoms with Gasteiger partial charge in [-0.3, -0.25) is 0 Å². The summed E-state index contributed by atoms with van der Waals surface area (Å²) >= 11 is 0.